The molecule has 2 aromatic rings. The minimum atomic E-state index is -4.21. The Morgan fingerprint density at radius 1 is 1.06 bits per heavy atom. The van der Waals surface area contributed by atoms with E-state index in [2.05, 4.69) is 27.4 Å². The normalized spacial score (nSPS) is 11.8. The Bertz CT molecular complexity index is 855. The summed E-state index contributed by atoms with van der Waals surface area (Å²) >= 11 is 0. The third-order valence-corrected chi connectivity index (χ3v) is 5.14. The summed E-state index contributed by atoms with van der Waals surface area (Å²) < 4.78 is 17.4. The first-order valence-electron chi connectivity index (χ1n) is 10.6. The Labute approximate surface area is 181 Å². The molecular formula is C19H32N5O6P. The fourth-order valence-corrected chi connectivity index (χ4v) is 3.40. The lowest BCUT2D eigenvalue weighted by atomic mass is 10.1. The van der Waals surface area contributed by atoms with E-state index < -0.39 is 19.9 Å². The van der Waals surface area contributed by atoms with E-state index in [0.717, 1.165) is 12.8 Å². The molecule has 11 nitrogen and oxygen atoms in total. The summed E-state index contributed by atoms with van der Waals surface area (Å²) in [4.78, 5) is 47.6. The molecule has 0 spiro atoms. The molecule has 2 heterocycles. The van der Waals surface area contributed by atoms with E-state index >= 15 is 0 Å². The van der Waals surface area contributed by atoms with Gasteiger partial charge in [-0.3, -0.25) is 14.2 Å². The van der Waals surface area contributed by atoms with Crippen molar-refractivity contribution < 1.29 is 28.7 Å². The highest BCUT2D eigenvalue weighted by molar-refractivity contribution is 7.51. The molecule has 0 saturated heterocycles. The van der Waals surface area contributed by atoms with E-state index in [0.29, 0.717) is 17.8 Å². The van der Waals surface area contributed by atoms with Crippen molar-refractivity contribution in [3.63, 3.8) is 0 Å². The Morgan fingerprint density at radius 2 is 1.77 bits per heavy atom. The molecule has 0 aliphatic carbocycles. The number of ether oxygens (including phenoxy) is 1. The maximum Gasteiger partial charge on any atom is 0.350 e. The number of nitrogens with zero attached hydrogens (tertiary/aromatic N) is 4. The molecule has 1 amide bonds. The van der Waals surface area contributed by atoms with Crippen LogP contribution in [0.3, 0.4) is 0 Å². The van der Waals surface area contributed by atoms with Crippen LogP contribution in [0.4, 0.5) is 0 Å². The monoisotopic (exact) mass is 457 g/mol. The van der Waals surface area contributed by atoms with Crippen molar-refractivity contribution in [1.82, 2.24) is 25.0 Å². The van der Waals surface area contributed by atoms with Crippen LogP contribution in [0.1, 0.15) is 68.8 Å². The highest BCUT2D eigenvalue weighted by atomic mass is 31.2. The van der Waals surface area contributed by atoms with E-state index in [4.69, 9.17) is 19.4 Å². The molecule has 0 aliphatic rings. The van der Waals surface area contributed by atoms with Crippen molar-refractivity contribution in [2.24, 2.45) is 0 Å². The number of carbonyl (C=O) groups excluding carboxylic acids is 1. The summed E-state index contributed by atoms with van der Waals surface area (Å²) in [6, 6.07) is 0. The Morgan fingerprint density at radius 3 is 2.48 bits per heavy atom. The molecule has 0 unspecified atom stereocenters. The molecule has 0 fully saturated rings. The molecular weight excluding hydrogens is 425 g/mol. The fourth-order valence-electron chi connectivity index (χ4n) is 3.03. The number of rotatable bonds is 16. The molecule has 3 N–H and O–H groups in total. The van der Waals surface area contributed by atoms with E-state index in [9.17, 15) is 9.36 Å². The molecule has 0 aliphatic heterocycles. The molecule has 0 bridgehead atoms. The summed E-state index contributed by atoms with van der Waals surface area (Å²) in [6.45, 7) is 2.96. The van der Waals surface area contributed by atoms with Crippen LogP contribution >= 0.6 is 7.60 Å². The van der Waals surface area contributed by atoms with E-state index in [1.54, 1.807) is 4.57 Å². The molecule has 2 aromatic heterocycles. The van der Waals surface area contributed by atoms with Gasteiger partial charge in [-0.15, -0.1) is 0 Å². The first-order chi connectivity index (χ1) is 14.9. The van der Waals surface area contributed by atoms with Crippen LogP contribution in [0, 0.1) is 0 Å². The van der Waals surface area contributed by atoms with Crippen LogP contribution < -0.4 is 5.48 Å². The van der Waals surface area contributed by atoms with Crippen molar-refractivity contribution in [2.75, 3.05) is 19.6 Å². The lowest BCUT2D eigenvalue weighted by Gasteiger charge is -2.07. The van der Waals surface area contributed by atoms with Gasteiger partial charge in [0.2, 0.25) is 0 Å². The maximum absolute atomic E-state index is 12.4. The molecule has 0 aromatic carbocycles. The van der Waals surface area contributed by atoms with Gasteiger partial charge < -0.3 is 19.1 Å². The second-order valence-corrected chi connectivity index (χ2v) is 8.88. The molecule has 174 valence electrons. The number of carbonyl (C=O) groups is 1. The number of unbranched alkanes of at least 4 members (excludes halogenated alkanes) is 7. The van der Waals surface area contributed by atoms with Gasteiger partial charge in [-0.05, 0) is 6.42 Å². The second-order valence-electron chi connectivity index (χ2n) is 7.29. The molecule has 0 saturated carbocycles. The Hall–Kier alpha value is -1.91. The highest BCUT2D eigenvalue weighted by Crippen LogP contribution is 2.33. The Kier molecular flexibility index (Phi) is 11.0. The molecule has 0 atom stereocenters. The number of hydroxylamine groups is 1. The van der Waals surface area contributed by atoms with Crippen molar-refractivity contribution >= 4 is 24.7 Å². The average molecular weight is 457 g/mol. The van der Waals surface area contributed by atoms with Crippen LogP contribution in [-0.2, 0) is 20.7 Å². The molecule has 0 radical (unpaired) electrons. The minimum absolute atomic E-state index is 0.0593. The van der Waals surface area contributed by atoms with Gasteiger partial charge in [0.1, 0.15) is 18.2 Å². The van der Waals surface area contributed by atoms with Gasteiger partial charge in [0, 0.05) is 6.54 Å². The zero-order valence-corrected chi connectivity index (χ0v) is 18.8. The predicted molar refractivity (Wildman–Crippen MR) is 114 cm³/mol. The quantitative estimate of drug-likeness (QED) is 0.196. The van der Waals surface area contributed by atoms with Gasteiger partial charge in [-0.2, -0.15) is 0 Å². The predicted octanol–water partition coefficient (Wildman–Crippen LogP) is 2.78. The van der Waals surface area contributed by atoms with Gasteiger partial charge in [-0.25, -0.2) is 20.4 Å². The van der Waals surface area contributed by atoms with Crippen molar-refractivity contribution in [2.45, 2.75) is 64.8 Å². The number of nitrogens with one attached hydrogen (secondary N) is 1. The average Bonchev–Trinajstić information content (AvgIpc) is 3.15. The zero-order valence-electron chi connectivity index (χ0n) is 17.9. The molecule has 31 heavy (non-hydrogen) atoms. The minimum Gasteiger partial charge on any atom is -0.367 e. The lowest BCUT2D eigenvalue weighted by Crippen LogP contribution is -2.25. The summed E-state index contributed by atoms with van der Waals surface area (Å²) in [7, 11) is -4.21. The second kappa shape index (κ2) is 13.5. The Balaban J connectivity index is 1.74. The van der Waals surface area contributed by atoms with Gasteiger partial charge in [0.15, 0.2) is 11.3 Å². The summed E-state index contributed by atoms with van der Waals surface area (Å²) in [5.41, 5.74) is 3.22. The number of hydrogen-bond donors (Lipinski definition) is 3. The maximum atomic E-state index is 12.4. The van der Waals surface area contributed by atoms with Gasteiger partial charge in [0.25, 0.3) is 5.91 Å². The molecule has 2 rings (SSSR count). The van der Waals surface area contributed by atoms with E-state index in [1.165, 1.54) is 51.2 Å². The largest absolute Gasteiger partial charge is 0.367 e. The summed E-state index contributed by atoms with van der Waals surface area (Å²) in [5.74, 6) is -0.505. The number of amides is 1. The van der Waals surface area contributed by atoms with Gasteiger partial charge >= 0.3 is 7.60 Å². The van der Waals surface area contributed by atoms with Crippen LogP contribution in [0.15, 0.2) is 12.7 Å². The zero-order chi connectivity index (χ0) is 22.5. The molecule has 12 heteroatoms. The topological polar surface area (TPSA) is 149 Å². The van der Waals surface area contributed by atoms with E-state index in [1.807, 2.05) is 0 Å². The summed E-state index contributed by atoms with van der Waals surface area (Å²) in [6.07, 6.45) is 11.5. The van der Waals surface area contributed by atoms with Crippen LogP contribution in [0.2, 0.25) is 0 Å². The fraction of sp³-hybridized carbons (Fsp3) is 0.684. The number of imidazole rings is 1. The number of hydrogen-bond acceptors (Lipinski definition) is 7. The van der Waals surface area contributed by atoms with E-state index in [-0.39, 0.29) is 18.8 Å². The van der Waals surface area contributed by atoms with Crippen molar-refractivity contribution in [3.8, 4) is 0 Å². The first kappa shape index (κ1) is 25.4. The first-order valence-corrected chi connectivity index (χ1v) is 12.4. The van der Waals surface area contributed by atoms with Gasteiger partial charge in [-0.1, -0.05) is 51.9 Å². The third kappa shape index (κ3) is 9.40. The number of aromatic nitrogens is 4. The smallest absolute Gasteiger partial charge is 0.350 e. The van der Waals surface area contributed by atoms with Crippen LogP contribution in [0.25, 0.3) is 11.2 Å². The highest BCUT2D eigenvalue weighted by Gasteiger charge is 2.17. The number of fused-ring (bicyclic) bond motifs is 1. The standard InChI is InChI=1S/C19H32N5O6P/c1-2-3-4-5-6-7-8-9-11-30-23-19(25)17-16-18(21-13-20-17)24(14-22-16)10-12-29-15-31(26,27)28/h13-14H,2-12,15H2,1H3,(H,23,25)(H2,26,27,28). The van der Waals surface area contributed by atoms with Crippen molar-refractivity contribution in [1.29, 1.82) is 0 Å². The SMILES string of the molecule is CCCCCCCCCCONC(=O)c1ncnc2c1ncn2CCOCP(=O)(O)O. The third-order valence-electron chi connectivity index (χ3n) is 4.62. The lowest BCUT2D eigenvalue weighted by molar-refractivity contribution is 0.0294. The van der Waals surface area contributed by atoms with Crippen molar-refractivity contribution in [3.05, 3.63) is 18.3 Å². The van der Waals surface area contributed by atoms with Crippen LogP contribution in [-0.4, -0.2) is 54.8 Å². The van der Waals surface area contributed by atoms with Gasteiger partial charge in [0.05, 0.1) is 19.5 Å². The summed E-state index contributed by atoms with van der Waals surface area (Å²) in [5, 5.41) is 0. The van der Waals surface area contributed by atoms with Crippen LogP contribution in [0.5, 0.6) is 0 Å².